The van der Waals surface area contributed by atoms with Gasteiger partial charge in [0.15, 0.2) is 11.2 Å². The average Bonchev–Trinajstić information content (AvgIpc) is 3.13. The number of hydrogen-bond acceptors (Lipinski definition) is 6. The number of amides is 2. The first-order valence-corrected chi connectivity index (χ1v) is 9.82. The fraction of sp³-hybridized carbons (Fsp3) is 0.190. The predicted octanol–water partition coefficient (Wildman–Crippen LogP) is 1.90. The van der Waals surface area contributed by atoms with Gasteiger partial charge in [0.05, 0.1) is 12.1 Å². The Bertz CT molecular complexity index is 958. The number of benzene rings is 1. The molecule has 0 fully saturated rings. The van der Waals surface area contributed by atoms with E-state index in [0.29, 0.717) is 35.0 Å². The van der Waals surface area contributed by atoms with Crippen LogP contribution in [0.2, 0.25) is 0 Å². The molecule has 1 atom stereocenters. The SMILES string of the molecule is Nc1nc(CC(=O)Nc2ccc(CCNC(=O)[C@H](O)c3c#cccc3)cc2)cs1. The van der Waals surface area contributed by atoms with Crippen molar-refractivity contribution in [2.45, 2.75) is 18.9 Å². The fourth-order valence-corrected chi connectivity index (χ4v) is 3.19. The Balaban J connectivity index is 1.43. The van der Waals surface area contributed by atoms with Gasteiger partial charge in [0.25, 0.3) is 5.91 Å². The molecule has 3 rings (SSSR count). The summed E-state index contributed by atoms with van der Waals surface area (Å²) in [5, 5.41) is 17.7. The molecule has 0 bridgehead atoms. The number of aliphatic hydroxyl groups excluding tert-OH is 1. The molecule has 0 saturated carbocycles. The van der Waals surface area contributed by atoms with Crippen LogP contribution in [-0.4, -0.2) is 28.4 Å². The number of nitrogen functional groups attached to an aromatic ring is 1. The Labute approximate surface area is 172 Å². The summed E-state index contributed by atoms with van der Waals surface area (Å²) in [7, 11) is 0. The van der Waals surface area contributed by atoms with E-state index in [1.807, 2.05) is 12.1 Å². The summed E-state index contributed by atoms with van der Waals surface area (Å²) in [4.78, 5) is 28.1. The lowest BCUT2D eigenvalue weighted by Crippen LogP contribution is -2.30. The van der Waals surface area contributed by atoms with Crippen molar-refractivity contribution >= 4 is 34.0 Å². The van der Waals surface area contributed by atoms with Gasteiger partial charge in [-0.25, -0.2) is 4.98 Å². The Kier molecular flexibility index (Phi) is 6.79. The number of hydrogen-bond donors (Lipinski definition) is 4. The molecule has 0 radical (unpaired) electrons. The van der Waals surface area contributed by atoms with Crippen LogP contribution in [0, 0.1) is 12.1 Å². The van der Waals surface area contributed by atoms with E-state index in [9.17, 15) is 14.7 Å². The number of nitrogens with zero attached hydrogens (tertiary/aromatic N) is 1. The van der Waals surface area contributed by atoms with E-state index in [0.717, 1.165) is 5.56 Å². The van der Waals surface area contributed by atoms with E-state index in [2.05, 4.69) is 27.8 Å². The standard InChI is InChI=1S/C21H20N4O3S/c22-21-25-17(13-29-21)12-18(26)24-16-8-6-14(7-9-16)10-11-23-20(28)19(27)15-4-2-1-3-5-15/h1-2,4,6-9,13,19,27H,10-12H2,(H2,22,25)(H,23,28)(H,24,26)/t19-/m1/s1. The molecule has 1 heterocycles. The van der Waals surface area contributed by atoms with Crippen LogP contribution in [-0.2, 0) is 22.4 Å². The van der Waals surface area contributed by atoms with Crippen molar-refractivity contribution in [3.05, 3.63) is 76.8 Å². The largest absolute Gasteiger partial charge is 0.378 e. The number of aromatic nitrogens is 1. The van der Waals surface area contributed by atoms with Crippen molar-refractivity contribution in [1.29, 1.82) is 0 Å². The molecular weight excluding hydrogens is 388 g/mol. The number of rotatable bonds is 8. The van der Waals surface area contributed by atoms with Gasteiger partial charge in [0.2, 0.25) is 5.91 Å². The van der Waals surface area contributed by atoms with Gasteiger partial charge in [-0.05, 0) is 36.2 Å². The first-order chi connectivity index (χ1) is 14.0. The molecule has 8 heteroatoms. The van der Waals surface area contributed by atoms with Gasteiger partial charge in [-0.15, -0.1) is 11.3 Å². The molecule has 3 aromatic rings. The summed E-state index contributed by atoms with van der Waals surface area (Å²) in [5.74, 6) is -0.647. The second-order valence-electron chi connectivity index (χ2n) is 6.29. The molecule has 0 aliphatic carbocycles. The lowest BCUT2D eigenvalue weighted by Gasteiger charge is -2.10. The maximum absolute atomic E-state index is 12.0. The maximum Gasteiger partial charge on any atom is 0.254 e. The molecule has 0 unspecified atom stereocenters. The molecule has 148 valence electrons. The summed E-state index contributed by atoms with van der Waals surface area (Å²) in [6.45, 7) is 0.378. The number of carbonyl (C=O) groups excluding carboxylic acids is 2. The maximum atomic E-state index is 12.0. The van der Waals surface area contributed by atoms with Crippen molar-refractivity contribution in [1.82, 2.24) is 10.3 Å². The van der Waals surface area contributed by atoms with Crippen LogP contribution in [0.3, 0.4) is 0 Å². The van der Waals surface area contributed by atoms with Gasteiger partial charge < -0.3 is 21.5 Å². The van der Waals surface area contributed by atoms with E-state index < -0.39 is 12.0 Å². The van der Waals surface area contributed by atoms with Gasteiger partial charge in [-0.3, -0.25) is 9.59 Å². The summed E-state index contributed by atoms with van der Waals surface area (Å²) in [5.41, 5.74) is 8.25. The Morgan fingerprint density at radius 2 is 2.03 bits per heavy atom. The zero-order valence-corrected chi connectivity index (χ0v) is 16.3. The molecule has 0 spiro atoms. The summed E-state index contributed by atoms with van der Waals surface area (Å²) >= 11 is 1.30. The Morgan fingerprint density at radius 3 is 2.69 bits per heavy atom. The van der Waals surface area contributed by atoms with Crippen molar-refractivity contribution in [2.24, 2.45) is 0 Å². The number of aliphatic hydroxyl groups is 1. The third-order valence-electron chi connectivity index (χ3n) is 4.08. The monoisotopic (exact) mass is 408 g/mol. The highest BCUT2D eigenvalue weighted by Crippen LogP contribution is 2.14. The van der Waals surface area contributed by atoms with Gasteiger partial charge in [-0.2, -0.15) is 0 Å². The normalized spacial score (nSPS) is 11.3. The second-order valence-corrected chi connectivity index (χ2v) is 7.18. The van der Waals surface area contributed by atoms with Crippen LogP contribution in [0.4, 0.5) is 10.8 Å². The van der Waals surface area contributed by atoms with E-state index >= 15 is 0 Å². The predicted molar refractivity (Wildman–Crippen MR) is 111 cm³/mol. The van der Waals surface area contributed by atoms with Crippen molar-refractivity contribution < 1.29 is 14.7 Å². The average molecular weight is 408 g/mol. The Hall–Kier alpha value is -3.41. The topological polar surface area (TPSA) is 117 Å². The number of thiazole rings is 1. The van der Waals surface area contributed by atoms with Gasteiger partial charge in [0.1, 0.15) is 0 Å². The van der Waals surface area contributed by atoms with Crippen LogP contribution < -0.4 is 16.4 Å². The second kappa shape index (κ2) is 9.68. The molecule has 0 saturated heterocycles. The minimum absolute atomic E-state index is 0.167. The summed E-state index contributed by atoms with van der Waals surface area (Å²) < 4.78 is 0. The van der Waals surface area contributed by atoms with Crippen LogP contribution in [0.15, 0.2) is 47.8 Å². The number of anilines is 2. The van der Waals surface area contributed by atoms with E-state index in [-0.39, 0.29) is 12.3 Å². The molecule has 1 aromatic heterocycles. The smallest absolute Gasteiger partial charge is 0.254 e. The third kappa shape index (κ3) is 6.04. The first kappa shape index (κ1) is 20.3. The minimum atomic E-state index is -1.27. The van der Waals surface area contributed by atoms with Crippen molar-refractivity contribution in [3.8, 4) is 0 Å². The van der Waals surface area contributed by atoms with Gasteiger partial charge >= 0.3 is 0 Å². The molecular formula is C21H20N4O3S. The van der Waals surface area contributed by atoms with Crippen LogP contribution in [0.5, 0.6) is 0 Å². The molecule has 0 aliphatic heterocycles. The lowest BCUT2D eigenvalue weighted by molar-refractivity contribution is -0.129. The quantitative estimate of drug-likeness (QED) is 0.454. The van der Waals surface area contributed by atoms with E-state index in [1.54, 1.807) is 35.7 Å². The molecule has 7 nitrogen and oxygen atoms in total. The highest BCUT2D eigenvalue weighted by Gasteiger charge is 2.16. The summed E-state index contributed by atoms with van der Waals surface area (Å²) in [6.07, 6.45) is -0.506. The molecule has 2 amide bonds. The molecule has 2 aromatic carbocycles. The number of nitrogens with one attached hydrogen (secondary N) is 2. The zero-order valence-electron chi connectivity index (χ0n) is 15.5. The fourth-order valence-electron chi connectivity index (χ4n) is 2.62. The van der Waals surface area contributed by atoms with Crippen LogP contribution >= 0.6 is 11.3 Å². The molecule has 5 N–H and O–H groups in total. The number of nitrogens with two attached hydrogens (primary N) is 1. The van der Waals surface area contributed by atoms with Gasteiger partial charge in [0, 0.05) is 23.2 Å². The zero-order chi connectivity index (χ0) is 20.6. The lowest BCUT2D eigenvalue weighted by atomic mass is 10.1. The van der Waals surface area contributed by atoms with Crippen molar-refractivity contribution in [2.75, 3.05) is 17.6 Å². The van der Waals surface area contributed by atoms with Crippen molar-refractivity contribution in [3.63, 3.8) is 0 Å². The van der Waals surface area contributed by atoms with Crippen LogP contribution in [0.1, 0.15) is 22.9 Å². The van der Waals surface area contributed by atoms with Gasteiger partial charge in [-0.1, -0.05) is 30.3 Å². The highest BCUT2D eigenvalue weighted by molar-refractivity contribution is 7.13. The third-order valence-corrected chi connectivity index (χ3v) is 4.80. The molecule has 0 aliphatic rings. The molecule has 29 heavy (non-hydrogen) atoms. The van der Waals surface area contributed by atoms with E-state index in [4.69, 9.17) is 5.73 Å². The van der Waals surface area contributed by atoms with E-state index in [1.165, 1.54) is 11.3 Å². The summed E-state index contributed by atoms with van der Waals surface area (Å²) in [6, 6.07) is 17.7. The Morgan fingerprint density at radius 1 is 1.24 bits per heavy atom. The first-order valence-electron chi connectivity index (χ1n) is 8.94. The van der Waals surface area contributed by atoms with Crippen LogP contribution in [0.25, 0.3) is 0 Å². The number of carbonyl (C=O) groups is 2. The minimum Gasteiger partial charge on any atom is -0.378 e. The highest BCUT2D eigenvalue weighted by atomic mass is 32.1.